The average Bonchev–Trinajstić information content (AvgIpc) is 2.90. The summed E-state index contributed by atoms with van der Waals surface area (Å²) < 4.78 is 3.97. The lowest BCUT2D eigenvalue weighted by molar-refractivity contribution is 0.624. The van der Waals surface area contributed by atoms with Crippen molar-refractivity contribution < 1.29 is 0 Å². The Morgan fingerprint density at radius 1 is 1.17 bits per heavy atom. The molecule has 0 aliphatic heterocycles. The van der Waals surface area contributed by atoms with Gasteiger partial charge in [-0.25, -0.2) is 0 Å². The summed E-state index contributed by atoms with van der Waals surface area (Å²) in [7, 11) is 0. The van der Waals surface area contributed by atoms with Gasteiger partial charge < -0.3 is 5.32 Å². The standard InChI is InChI=1S/C13H21N5/c1-5-17-9-11(4)13(16-17)14-8-12-10(3)7-15-18(12)6-2/h7,9H,5-6,8H2,1-4H3,(H,14,16). The van der Waals surface area contributed by atoms with Crippen molar-refractivity contribution in [1.82, 2.24) is 19.6 Å². The molecule has 0 amide bonds. The first-order valence-corrected chi connectivity index (χ1v) is 6.44. The normalized spacial score (nSPS) is 10.9. The smallest absolute Gasteiger partial charge is 0.151 e. The highest BCUT2D eigenvalue weighted by molar-refractivity contribution is 5.42. The number of hydrogen-bond acceptors (Lipinski definition) is 3. The zero-order valence-corrected chi connectivity index (χ0v) is 11.6. The van der Waals surface area contributed by atoms with E-state index in [1.54, 1.807) is 0 Å². The topological polar surface area (TPSA) is 47.7 Å². The summed E-state index contributed by atoms with van der Waals surface area (Å²) in [4.78, 5) is 0. The van der Waals surface area contributed by atoms with Crippen molar-refractivity contribution in [2.75, 3.05) is 5.32 Å². The van der Waals surface area contributed by atoms with Gasteiger partial charge in [0.2, 0.25) is 0 Å². The second-order valence-electron chi connectivity index (χ2n) is 4.46. The van der Waals surface area contributed by atoms with Gasteiger partial charge in [-0.15, -0.1) is 0 Å². The number of rotatable bonds is 5. The quantitative estimate of drug-likeness (QED) is 0.882. The van der Waals surface area contributed by atoms with Gasteiger partial charge in [-0.2, -0.15) is 10.2 Å². The lowest BCUT2D eigenvalue weighted by Gasteiger charge is -2.08. The molecule has 5 nitrogen and oxygen atoms in total. The molecule has 5 heteroatoms. The highest BCUT2D eigenvalue weighted by Crippen LogP contribution is 2.14. The largest absolute Gasteiger partial charge is 0.363 e. The van der Waals surface area contributed by atoms with E-state index in [4.69, 9.17) is 0 Å². The predicted molar refractivity (Wildman–Crippen MR) is 72.6 cm³/mol. The summed E-state index contributed by atoms with van der Waals surface area (Å²) in [5.41, 5.74) is 3.62. The second kappa shape index (κ2) is 5.25. The molecule has 0 saturated carbocycles. The van der Waals surface area contributed by atoms with Crippen LogP contribution < -0.4 is 5.32 Å². The fraction of sp³-hybridized carbons (Fsp3) is 0.538. The maximum absolute atomic E-state index is 4.49. The van der Waals surface area contributed by atoms with Gasteiger partial charge in [-0.05, 0) is 33.3 Å². The van der Waals surface area contributed by atoms with E-state index in [9.17, 15) is 0 Å². The molecule has 0 atom stereocenters. The average molecular weight is 247 g/mol. The first-order chi connectivity index (χ1) is 8.65. The summed E-state index contributed by atoms with van der Waals surface area (Å²) in [5, 5.41) is 12.2. The monoisotopic (exact) mass is 247 g/mol. The van der Waals surface area contributed by atoms with Crippen LogP contribution in [0.15, 0.2) is 12.4 Å². The van der Waals surface area contributed by atoms with Crippen LogP contribution in [-0.4, -0.2) is 19.6 Å². The van der Waals surface area contributed by atoms with Gasteiger partial charge in [0.25, 0.3) is 0 Å². The Labute approximate surface area is 108 Å². The molecule has 0 unspecified atom stereocenters. The van der Waals surface area contributed by atoms with Gasteiger partial charge >= 0.3 is 0 Å². The third kappa shape index (κ3) is 2.39. The highest BCUT2D eigenvalue weighted by atomic mass is 15.3. The van der Waals surface area contributed by atoms with Crippen molar-refractivity contribution in [2.24, 2.45) is 0 Å². The van der Waals surface area contributed by atoms with E-state index in [0.717, 1.165) is 25.5 Å². The van der Waals surface area contributed by atoms with Crippen LogP contribution in [0.4, 0.5) is 5.82 Å². The van der Waals surface area contributed by atoms with Crippen molar-refractivity contribution in [3.05, 3.63) is 29.2 Å². The molecule has 0 radical (unpaired) electrons. The molecule has 0 bridgehead atoms. The van der Waals surface area contributed by atoms with E-state index in [-0.39, 0.29) is 0 Å². The summed E-state index contributed by atoms with van der Waals surface area (Å²) in [6.07, 6.45) is 3.98. The number of hydrogen-bond donors (Lipinski definition) is 1. The Balaban J connectivity index is 2.11. The molecular formula is C13H21N5. The molecule has 98 valence electrons. The van der Waals surface area contributed by atoms with Crippen LogP contribution in [0.5, 0.6) is 0 Å². The Morgan fingerprint density at radius 3 is 2.56 bits per heavy atom. The lowest BCUT2D eigenvalue weighted by Crippen LogP contribution is -2.10. The summed E-state index contributed by atoms with van der Waals surface area (Å²) >= 11 is 0. The van der Waals surface area contributed by atoms with Crippen LogP contribution in [0.1, 0.15) is 30.7 Å². The van der Waals surface area contributed by atoms with Crippen LogP contribution in [0.3, 0.4) is 0 Å². The summed E-state index contributed by atoms with van der Waals surface area (Å²) in [6.45, 7) is 10.9. The number of aromatic nitrogens is 4. The molecular weight excluding hydrogens is 226 g/mol. The third-order valence-electron chi connectivity index (χ3n) is 3.15. The Kier molecular flexibility index (Phi) is 3.69. The van der Waals surface area contributed by atoms with Crippen molar-refractivity contribution >= 4 is 5.82 Å². The van der Waals surface area contributed by atoms with Crippen LogP contribution in [0, 0.1) is 13.8 Å². The minimum Gasteiger partial charge on any atom is -0.363 e. The zero-order chi connectivity index (χ0) is 13.1. The molecule has 0 aliphatic carbocycles. The van der Waals surface area contributed by atoms with E-state index in [1.165, 1.54) is 16.8 Å². The van der Waals surface area contributed by atoms with E-state index < -0.39 is 0 Å². The van der Waals surface area contributed by atoms with Crippen LogP contribution in [0.2, 0.25) is 0 Å². The van der Waals surface area contributed by atoms with Crippen molar-refractivity contribution in [3.8, 4) is 0 Å². The molecule has 0 aromatic carbocycles. The maximum Gasteiger partial charge on any atom is 0.151 e. The number of nitrogens with one attached hydrogen (secondary N) is 1. The molecule has 2 rings (SSSR count). The SMILES string of the molecule is CCn1cc(C)c(NCc2c(C)cnn2CC)n1. The molecule has 18 heavy (non-hydrogen) atoms. The molecule has 2 heterocycles. The van der Waals surface area contributed by atoms with Crippen molar-refractivity contribution in [2.45, 2.75) is 47.3 Å². The highest BCUT2D eigenvalue weighted by Gasteiger charge is 2.08. The molecule has 0 aliphatic rings. The van der Waals surface area contributed by atoms with Crippen molar-refractivity contribution in [3.63, 3.8) is 0 Å². The molecule has 0 fully saturated rings. The molecule has 2 aromatic rings. The summed E-state index contributed by atoms with van der Waals surface area (Å²) in [5.74, 6) is 0.958. The van der Waals surface area contributed by atoms with E-state index in [0.29, 0.717) is 0 Å². The van der Waals surface area contributed by atoms with Gasteiger partial charge in [0, 0.05) is 24.8 Å². The predicted octanol–water partition coefficient (Wildman–Crippen LogP) is 2.35. The van der Waals surface area contributed by atoms with Crippen LogP contribution in [0.25, 0.3) is 0 Å². The third-order valence-corrected chi connectivity index (χ3v) is 3.15. The first kappa shape index (κ1) is 12.7. The first-order valence-electron chi connectivity index (χ1n) is 6.44. The molecule has 2 aromatic heterocycles. The number of nitrogens with zero attached hydrogens (tertiary/aromatic N) is 4. The number of aryl methyl sites for hydroxylation is 4. The van der Waals surface area contributed by atoms with Gasteiger partial charge in [-0.3, -0.25) is 9.36 Å². The Morgan fingerprint density at radius 2 is 1.94 bits per heavy atom. The zero-order valence-electron chi connectivity index (χ0n) is 11.6. The number of anilines is 1. The second-order valence-corrected chi connectivity index (χ2v) is 4.46. The van der Waals surface area contributed by atoms with E-state index in [1.807, 2.05) is 15.6 Å². The van der Waals surface area contributed by atoms with Crippen LogP contribution in [-0.2, 0) is 19.6 Å². The minimum absolute atomic E-state index is 0.765. The van der Waals surface area contributed by atoms with Gasteiger partial charge in [0.15, 0.2) is 5.82 Å². The lowest BCUT2D eigenvalue weighted by atomic mass is 10.2. The maximum atomic E-state index is 4.49. The van der Waals surface area contributed by atoms with Crippen LogP contribution >= 0.6 is 0 Å². The van der Waals surface area contributed by atoms with Gasteiger partial charge in [0.1, 0.15) is 0 Å². The summed E-state index contributed by atoms with van der Waals surface area (Å²) in [6, 6.07) is 0. The molecule has 0 saturated heterocycles. The van der Waals surface area contributed by atoms with Gasteiger partial charge in [-0.1, -0.05) is 0 Å². The molecule has 1 N–H and O–H groups in total. The minimum atomic E-state index is 0.765. The Hall–Kier alpha value is -1.78. The Bertz CT molecular complexity index is 523. The molecule has 0 spiro atoms. The van der Waals surface area contributed by atoms with E-state index in [2.05, 4.69) is 49.4 Å². The van der Waals surface area contributed by atoms with Gasteiger partial charge in [0.05, 0.1) is 18.4 Å². The fourth-order valence-corrected chi connectivity index (χ4v) is 2.03. The van der Waals surface area contributed by atoms with Crippen molar-refractivity contribution in [1.29, 1.82) is 0 Å². The van der Waals surface area contributed by atoms with E-state index >= 15 is 0 Å². The fourth-order valence-electron chi connectivity index (χ4n) is 2.03.